The second-order valence-electron chi connectivity index (χ2n) is 6.67. The van der Waals surface area contributed by atoms with Crippen molar-refractivity contribution in [1.82, 2.24) is 14.5 Å². The van der Waals surface area contributed by atoms with E-state index in [1.54, 1.807) is 23.8 Å². The number of rotatable bonds is 6. The molecule has 31 heavy (non-hydrogen) atoms. The first kappa shape index (κ1) is 20.9. The predicted molar refractivity (Wildman–Crippen MR) is 125 cm³/mol. The molecule has 0 fully saturated rings. The van der Waals surface area contributed by atoms with Crippen molar-refractivity contribution in [3.63, 3.8) is 0 Å². The van der Waals surface area contributed by atoms with Gasteiger partial charge in [-0.1, -0.05) is 35.2 Å². The number of methoxy groups -OCH3 is 1. The summed E-state index contributed by atoms with van der Waals surface area (Å²) in [6, 6.07) is 14.4. The molecule has 0 aliphatic rings. The monoisotopic (exact) mass is 453 g/mol. The summed E-state index contributed by atoms with van der Waals surface area (Å²) in [7, 11) is 1.56. The topological polar surface area (TPSA) is 112 Å². The Morgan fingerprint density at radius 3 is 2.87 bits per heavy atom. The number of nitrogen functional groups attached to an aromatic ring is 1. The average Bonchev–Trinajstić information content (AvgIpc) is 3.13. The number of amides is 1. The van der Waals surface area contributed by atoms with Gasteiger partial charge in [-0.25, -0.2) is 4.98 Å². The summed E-state index contributed by atoms with van der Waals surface area (Å²) >= 11 is 2.53. The van der Waals surface area contributed by atoms with Gasteiger partial charge in [-0.15, -0.1) is 0 Å². The smallest absolute Gasteiger partial charge is 0.275 e. The van der Waals surface area contributed by atoms with E-state index in [1.807, 2.05) is 37.3 Å². The van der Waals surface area contributed by atoms with Crippen LogP contribution in [0.1, 0.15) is 5.56 Å². The lowest BCUT2D eigenvalue weighted by atomic mass is 10.2. The molecule has 0 atom stereocenters. The van der Waals surface area contributed by atoms with Gasteiger partial charge in [-0.2, -0.15) is 4.98 Å². The Hall–Kier alpha value is -3.37. The Labute approximate surface area is 186 Å². The number of carbonyl (C=O) groups excluding carboxylic acids is 1. The molecule has 2 heterocycles. The molecule has 8 nitrogen and oxygen atoms in total. The second kappa shape index (κ2) is 8.78. The van der Waals surface area contributed by atoms with Gasteiger partial charge in [-0.05, 0) is 36.8 Å². The minimum atomic E-state index is -0.471. The van der Waals surface area contributed by atoms with Crippen molar-refractivity contribution in [1.29, 1.82) is 0 Å². The van der Waals surface area contributed by atoms with Crippen LogP contribution in [0.5, 0.6) is 5.75 Å². The summed E-state index contributed by atoms with van der Waals surface area (Å²) in [6.45, 7) is 2.01. The van der Waals surface area contributed by atoms with Gasteiger partial charge in [0.25, 0.3) is 5.56 Å². The van der Waals surface area contributed by atoms with E-state index in [2.05, 4.69) is 15.3 Å². The maximum atomic E-state index is 12.5. The Kier molecular flexibility index (Phi) is 5.92. The number of aromatic nitrogens is 3. The molecule has 10 heteroatoms. The zero-order valence-corrected chi connectivity index (χ0v) is 18.4. The lowest BCUT2D eigenvalue weighted by Crippen LogP contribution is -2.19. The highest BCUT2D eigenvalue weighted by atomic mass is 32.2. The Morgan fingerprint density at radius 2 is 2.06 bits per heavy atom. The van der Waals surface area contributed by atoms with E-state index in [0.717, 1.165) is 27.5 Å². The van der Waals surface area contributed by atoms with Crippen molar-refractivity contribution < 1.29 is 9.53 Å². The molecule has 4 rings (SSSR count). The first-order valence-electron chi connectivity index (χ1n) is 9.27. The second-order valence-corrected chi connectivity index (χ2v) is 8.64. The standard InChI is InChI=1S/C21H19N5O3S2/c1-12-6-7-15-16(8-12)31-20(23-15)24-19(28)11-30-21-25-18(27)10-17(22)26(21)13-4-3-5-14(9-13)29-2/h3-10H,11,22H2,1-2H3,(H,23,24,28). The fourth-order valence-electron chi connectivity index (χ4n) is 2.95. The Morgan fingerprint density at radius 1 is 1.23 bits per heavy atom. The van der Waals surface area contributed by atoms with Crippen LogP contribution in [0.4, 0.5) is 10.9 Å². The lowest BCUT2D eigenvalue weighted by molar-refractivity contribution is -0.113. The zero-order valence-electron chi connectivity index (χ0n) is 16.8. The largest absolute Gasteiger partial charge is 0.497 e. The summed E-state index contributed by atoms with van der Waals surface area (Å²) in [5.41, 5.74) is 8.26. The number of ether oxygens (including phenoxy) is 1. The fourth-order valence-corrected chi connectivity index (χ4v) is 4.76. The van der Waals surface area contributed by atoms with Crippen molar-refractivity contribution in [3.05, 3.63) is 64.4 Å². The number of benzene rings is 2. The molecule has 2 aromatic carbocycles. The number of thiazole rings is 1. The van der Waals surface area contributed by atoms with Gasteiger partial charge in [0.15, 0.2) is 10.3 Å². The molecular weight excluding hydrogens is 434 g/mol. The summed E-state index contributed by atoms with van der Waals surface area (Å²) in [5.74, 6) is 0.636. The van der Waals surface area contributed by atoms with Crippen LogP contribution < -0.4 is 21.3 Å². The highest BCUT2D eigenvalue weighted by Crippen LogP contribution is 2.28. The highest BCUT2D eigenvalue weighted by molar-refractivity contribution is 7.99. The third-order valence-electron chi connectivity index (χ3n) is 4.36. The van der Waals surface area contributed by atoms with Crippen LogP contribution in [-0.4, -0.2) is 33.3 Å². The third-order valence-corrected chi connectivity index (χ3v) is 6.23. The normalized spacial score (nSPS) is 10.9. The van der Waals surface area contributed by atoms with E-state index >= 15 is 0 Å². The molecule has 2 aromatic heterocycles. The van der Waals surface area contributed by atoms with Gasteiger partial charge in [-0.3, -0.25) is 14.2 Å². The van der Waals surface area contributed by atoms with Crippen LogP contribution in [-0.2, 0) is 4.79 Å². The van der Waals surface area contributed by atoms with E-state index < -0.39 is 5.56 Å². The van der Waals surface area contributed by atoms with Gasteiger partial charge in [0.05, 0.1) is 28.8 Å². The van der Waals surface area contributed by atoms with Crippen LogP contribution >= 0.6 is 23.1 Å². The minimum Gasteiger partial charge on any atom is -0.497 e. The average molecular weight is 454 g/mol. The molecule has 0 unspecified atom stereocenters. The number of anilines is 2. The number of nitrogens with two attached hydrogens (primary N) is 1. The van der Waals surface area contributed by atoms with E-state index in [-0.39, 0.29) is 17.5 Å². The van der Waals surface area contributed by atoms with Crippen molar-refractivity contribution in [2.75, 3.05) is 23.9 Å². The molecule has 0 radical (unpaired) electrons. The van der Waals surface area contributed by atoms with Crippen molar-refractivity contribution in [3.8, 4) is 11.4 Å². The first-order valence-corrected chi connectivity index (χ1v) is 11.1. The van der Waals surface area contributed by atoms with Crippen LogP contribution in [0.3, 0.4) is 0 Å². The summed E-state index contributed by atoms with van der Waals surface area (Å²) in [5, 5.41) is 3.65. The lowest BCUT2D eigenvalue weighted by Gasteiger charge is -2.15. The molecule has 0 bridgehead atoms. The first-order chi connectivity index (χ1) is 14.9. The fraction of sp³-hybridized carbons (Fsp3) is 0.143. The number of hydrogen-bond acceptors (Lipinski definition) is 8. The summed E-state index contributed by atoms with van der Waals surface area (Å²) in [4.78, 5) is 32.9. The number of aryl methyl sites for hydroxylation is 1. The molecule has 3 N–H and O–H groups in total. The maximum Gasteiger partial charge on any atom is 0.275 e. The van der Waals surface area contributed by atoms with Gasteiger partial charge in [0.1, 0.15) is 11.6 Å². The SMILES string of the molecule is COc1cccc(-n2c(N)cc(=O)nc2SCC(=O)Nc2nc3ccc(C)cc3s2)c1. The number of nitrogens with zero attached hydrogens (tertiary/aromatic N) is 3. The quantitative estimate of drug-likeness (QED) is 0.339. The van der Waals surface area contributed by atoms with Crippen LogP contribution in [0, 0.1) is 6.92 Å². The van der Waals surface area contributed by atoms with E-state index in [0.29, 0.717) is 21.7 Å². The van der Waals surface area contributed by atoms with Gasteiger partial charge in [0, 0.05) is 12.1 Å². The highest BCUT2D eigenvalue weighted by Gasteiger charge is 2.14. The van der Waals surface area contributed by atoms with Crippen molar-refractivity contribution in [2.45, 2.75) is 12.1 Å². The van der Waals surface area contributed by atoms with E-state index in [9.17, 15) is 9.59 Å². The third kappa shape index (κ3) is 4.70. The minimum absolute atomic E-state index is 0.0365. The van der Waals surface area contributed by atoms with Crippen LogP contribution in [0.2, 0.25) is 0 Å². The maximum absolute atomic E-state index is 12.5. The Balaban J connectivity index is 1.54. The van der Waals surface area contributed by atoms with E-state index in [4.69, 9.17) is 10.5 Å². The van der Waals surface area contributed by atoms with Crippen molar-refractivity contribution in [2.24, 2.45) is 0 Å². The molecule has 158 valence electrons. The number of thioether (sulfide) groups is 1. The molecule has 0 saturated heterocycles. The molecule has 1 amide bonds. The molecule has 0 aliphatic carbocycles. The van der Waals surface area contributed by atoms with Gasteiger partial charge < -0.3 is 15.8 Å². The molecule has 0 spiro atoms. The Bertz CT molecular complexity index is 1330. The number of nitrogens with one attached hydrogen (secondary N) is 1. The molecule has 0 aliphatic heterocycles. The summed E-state index contributed by atoms with van der Waals surface area (Å²) < 4.78 is 7.88. The zero-order chi connectivity index (χ0) is 22.0. The molecular formula is C21H19N5O3S2. The molecule has 0 saturated carbocycles. The van der Waals surface area contributed by atoms with Gasteiger partial charge in [0.2, 0.25) is 5.91 Å². The number of carbonyl (C=O) groups is 1. The van der Waals surface area contributed by atoms with Gasteiger partial charge >= 0.3 is 0 Å². The van der Waals surface area contributed by atoms with Crippen molar-refractivity contribution >= 4 is 50.2 Å². The van der Waals surface area contributed by atoms with Crippen LogP contribution in [0.25, 0.3) is 15.9 Å². The molecule has 4 aromatic rings. The summed E-state index contributed by atoms with van der Waals surface area (Å²) in [6.07, 6.45) is 0. The predicted octanol–water partition coefficient (Wildman–Crippen LogP) is 3.47. The number of fused-ring (bicyclic) bond motifs is 1. The van der Waals surface area contributed by atoms with Crippen LogP contribution in [0.15, 0.2) is 58.5 Å². The van der Waals surface area contributed by atoms with E-state index in [1.165, 1.54) is 17.4 Å². The number of hydrogen-bond donors (Lipinski definition) is 2.